The van der Waals surface area contributed by atoms with Crippen LogP contribution in [0.5, 0.6) is 0 Å². The third-order valence-corrected chi connectivity index (χ3v) is 5.60. The Hall–Kier alpha value is -1.76. The van der Waals surface area contributed by atoms with Crippen LogP contribution in [0.4, 0.5) is 0 Å². The SMILES string of the molecule is N=CC1(c2ccccc2)C(NC2CC2)CCCN1C(=O)C1CCNO1. The molecule has 2 saturated heterocycles. The molecule has 25 heavy (non-hydrogen) atoms. The number of nitrogens with one attached hydrogen (secondary N) is 3. The van der Waals surface area contributed by atoms with Gasteiger partial charge in [0.2, 0.25) is 0 Å². The van der Waals surface area contributed by atoms with Crippen molar-refractivity contribution in [3.63, 3.8) is 0 Å². The zero-order valence-electron chi connectivity index (χ0n) is 14.4. The molecule has 1 saturated carbocycles. The highest BCUT2D eigenvalue weighted by Gasteiger charge is 2.51. The molecular formula is C19H26N4O2. The van der Waals surface area contributed by atoms with Crippen molar-refractivity contribution in [2.45, 2.75) is 55.8 Å². The molecule has 4 rings (SSSR count). The Labute approximate surface area is 148 Å². The average Bonchev–Trinajstić information content (AvgIpc) is 3.31. The van der Waals surface area contributed by atoms with Crippen molar-refractivity contribution in [1.82, 2.24) is 15.7 Å². The second-order valence-electron chi connectivity index (χ2n) is 7.25. The molecule has 6 heteroatoms. The van der Waals surface area contributed by atoms with Gasteiger partial charge in [-0.1, -0.05) is 30.3 Å². The van der Waals surface area contributed by atoms with Gasteiger partial charge in [-0.2, -0.15) is 0 Å². The number of carbonyl (C=O) groups excluding carboxylic acids is 1. The van der Waals surface area contributed by atoms with E-state index in [1.165, 1.54) is 19.1 Å². The first-order valence-electron chi connectivity index (χ1n) is 9.29. The first kappa shape index (κ1) is 16.7. The number of hydroxylamine groups is 1. The third kappa shape index (κ3) is 2.99. The summed E-state index contributed by atoms with van der Waals surface area (Å²) in [6.45, 7) is 1.35. The van der Waals surface area contributed by atoms with Crippen molar-refractivity contribution >= 4 is 12.1 Å². The first-order chi connectivity index (χ1) is 12.3. The second-order valence-corrected chi connectivity index (χ2v) is 7.25. The molecule has 0 spiro atoms. The highest BCUT2D eigenvalue weighted by atomic mass is 16.7. The van der Waals surface area contributed by atoms with Gasteiger partial charge in [0.1, 0.15) is 5.54 Å². The number of amides is 1. The molecule has 0 radical (unpaired) electrons. The summed E-state index contributed by atoms with van der Waals surface area (Å²) in [4.78, 5) is 20.5. The van der Waals surface area contributed by atoms with Crippen molar-refractivity contribution in [3.8, 4) is 0 Å². The Balaban J connectivity index is 1.73. The van der Waals surface area contributed by atoms with Gasteiger partial charge < -0.3 is 15.6 Å². The molecule has 6 nitrogen and oxygen atoms in total. The molecule has 0 aromatic heterocycles. The quantitative estimate of drug-likeness (QED) is 0.710. The van der Waals surface area contributed by atoms with E-state index in [9.17, 15) is 4.79 Å². The highest BCUT2D eigenvalue weighted by Crippen LogP contribution is 2.39. The maximum atomic E-state index is 13.2. The molecule has 2 aliphatic heterocycles. The number of likely N-dealkylation sites (tertiary alicyclic amines) is 1. The molecule has 134 valence electrons. The van der Waals surface area contributed by atoms with E-state index in [2.05, 4.69) is 10.8 Å². The molecule has 3 aliphatic rings. The summed E-state index contributed by atoms with van der Waals surface area (Å²) >= 11 is 0. The summed E-state index contributed by atoms with van der Waals surface area (Å²) < 4.78 is 0. The van der Waals surface area contributed by atoms with E-state index in [1.807, 2.05) is 35.2 Å². The van der Waals surface area contributed by atoms with Crippen molar-refractivity contribution in [1.29, 1.82) is 5.41 Å². The van der Waals surface area contributed by atoms with Gasteiger partial charge >= 0.3 is 0 Å². The zero-order valence-corrected chi connectivity index (χ0v) is 14.4. The van der Waals surface area contributed by atoms with Gasteiger partial charge in [0, 0.05) is 31.4 Å². The Morgan fingerprint density at radius 1 is 1.28 bits per heavy atom. The molecule has 3 atom stereocenters. The van der Waals surface area contributed by atoms with Crippen LogP contribution in [0, 0.1) is 5.41 Å². The highest BCUT2D eigenvalue weighted by molar-refractivity contribution is 5.87. The zero-order chi connectivity index (χ0) is 17.3. The minimum Gasteiger partial charge on any atom is -0.324 e. The smallest absolute Gasteiger partial charge is 0.254 e. The lowest BCUT2D eigenvalue weighted by molar-refractivity contribution is -0.151. The maximum absolute atomic E-state index is 13.2. The Morgan fingerprint density at radius 2 is 2.08 bits per heavy atom. The fraction of sp³-hybridized carbons (Fsp3) is 0.579. The lowest BCUT2D eigenvalue weighted by atomic mass is 9.76. The predicted octanol–water partition coefficient (Wildman–Crippen LogP) is 1.57. The van der Waals surface area contributed by atoms with Gasteiger partial charge in [0.05, 0.1) is 0 Å². The van der Waals surface area contributed by atoms with Crippen LogP contribution in [0.2, 0.25) is 0 Å². The fourth-order valence-corrected chi connectivity index (χ4v) is 4.16. The summed E-state index contributed by atoms with van der Waals surface area (Å²) in [7, 11) is 0. The van der Waals surface area contributed by atoms with E-state index in [1.54, 1.807) is 0 Å². The third-order valence-electron chi connectivity index (χ3n) is 5.60. The number of benzene rings is 1. The molecule has 3 unspecified atom stereocenters. The van der Waals surface area contributed by atoms with Gasteiger partial charge in [0.25, 0.3) is 5.91 Å². The van der Waals surface area contributed by atoms with Crippen molar-refractivity contribution < 1.29 is 9.63 Å². The monoisotopic (exact) mass is 342 g/mol. The van der Waals surface area contributed by atoms with Crippen LogP contribution in [0.1, 0.15) is 37.7 Å². The molecule has 0 bridgehead atoms. The van der Waals surface area contributed by atoms with Crippen LogP contribution in [-0.4, -0.2) is 48.3 Å². The number of hydrogen-bond donors (Lipinski definition) is 3. The standard InChI is InChI=1S/C19H26N4O2/c20-13-19(14-5-2-1-3-6-14)17(22-15-8-9-15)7-4-12-23(19)18(24)16-10-11-21-25-16/h1-3,5-6,13,15-17,20-22H,4,7-12H2. The van der Waals surface area contributed by atoms with E-state index in [0.717, 1.165) is 18.4 Å². The summed E-state index contributed by atoms with van der Waals surface area (Å²) in [5.74, 6) is -0.0142. The molecule has 3 N–H and O–H groups in total. The maximum Gasteiger partial charge on any atom is 0.254 e. The lowest BCUT2D eigenvalue weighted by Crippen LogP contribution is -2.66. The first-order valence-corrected chi connectivity index (χ1v) is 9.29. The van der Waals surface area contributed by atoms with Crippen LogP contribution < -0.4 is 10.8 Å². The number of carbonyl (C=O) groups is 1. The largest absolute Gasteiger partial charge is 0.324 e. The second kappa shape index (κ2) is 6.86. The fourth-order valence-electron chi connectivity index (χ4n) is 4.16. The van der Waals surface area contributed by atoms with Crippen molar-refractivity contribution in [3.05, 3.63) is 35.9 Å². The predicted molar refractivity (Wildman–Crippen MR) is 95.3 cm³/mol. The number of rotatable bonds is 5. The molecule has 1 aromatic carbocycles. The van der Waals surface area contributed by atoms with Crippen LogP contribution in [0.15, 0.2) is 30.3 Å². The minimum absolute atomic E-state index is 0.0142. The van der Waals surface area contributed by atoms with Crippen molar-refractivity contribution in [2.24, 2.45) is 0 Å². The summed E-state index contributed by atoms with van der Waals surface area (Å²) in [5.41, 5.74) is 3.07. The lowest BCUT2D eigenvalue weighted by Gasteiger charge is -2.51. The Morgan fingerprint density at radius 3 is 2.72 bits per heavy atom. The van der Waals surface area contributed by atoms with Gasteiger partial charge in [0.15, 0.2) is 6.10 Å². The van der Waals surface area contributed by atoms with Crippen LogP contribution >= 0.6 is 0 Å². The van der Waals surface area contributed by atoms with Gasteiger partial charge in [-0.25, -0.2) is 5.48 Å². The Kier molecular flexibility index (Phi) is 4.58. The van der Waals surface area contributed by atoms with E-state index < -0.39 is 11.6 Å². The van der Waals surface area contributed by atoms with E-state index in [4.69, 9.17) is 10.2 Å². The molecular weight excluding hydrogens is 316 g/mol. The number of piperidine rings is 1. The number of hydrogen-bond acceptors (Lipinski definition) is 5. The van der Waals surface area contributed by atoms with Gasteiger partial charge in [-0.05, 0) is 37.7 Å². The average molecular weight is 342 g/mol. The van der Waals surface area contributed by atoms with Crippen LogP contribution in [0.3, 0.4) is 0 Å². The van der Waals surface area contributed by atoms with E-state index >= 15 is 0 Å². The Bertz CT molecular complexity index is 628. The molecule has 3 fully saturated rings. The topological polar surface area (TPSA) is 77.5 Å². The summed E-state index contributed by atoms with van der Waals surface area (Å²) in [6, 6.07) is 10.6. The molecule has 1 aromatic rings. The summed E-state index contributed by atoms with van der Waals surface area (Å²) in [6.07, 6.45) is 5.97. The van der Waals surface area contributed by atoms with Gasteiger partial charge in [-0.15, -0.1) is 0 Å². The van der Waals surface area contributed by atoms with Crippen LogP contribution in [0.25, 0.3) is 0 Å². The number of nitrogens with zero attached hydrogens (tertiary/aromatic N) is 1. The minimum atomic E-state index is -0.745. The molecule has 2 heterocycles. The van der Waals surface area contributed by atoms with E-state index in [0.29, 0.717) is 25.6 Å². The summed E-state index contributed by atoms with van der Waals surface area (Å²) in [5, 5.41) is 12.1. The molecule has 1 aliphatic carbocycles. The van der Waals surface area contributed by atoms with Crippen LogP contribution in [-0.2, 0) is 15.2 Å². The molecule has 1 amide bonds. The van der Waals surface area contributed by atoms with E-state index in [-0.39, 0.29) is 11.9 Å². The van der Waals surface area contributed by atoms with Gasteiger partial charge in [-0.3, -0.25) is 9.63 Å². The van der Waals surface area contributed by atoms with Crippen molar-refractivity contribution in [2.75, 3.05) is 13.1 Å². The normalized spacial score (nSPS) is 32.6.